The van der Waals surface area contributed by atoms with Crippen LogP contribution in [-0.4, -0.2) is 26.3 Å². The maximum Gasteiger partial charge on any atom is 0.293 e. The van der Waals surface area contributed by atoms with Gasteiger partial charge in [0.25, 0.3) is 5.89 Å². The lowest BCUT2D eigenvalue weighted by Crippen LogP contribution is -2.10. The molecule has 5 heterocycles. The highest BCUT2D eigenvalue weighted by atomic mass is 16.5. The Bertz CT molecular complexity index is 1010. The van der Waals surface area contributed by atoms with Crippen LogP contribution < -0.4 is 0 Å². The molecule has 4 aromatic heterocycles. The molecule has 4 aromatic rings. The van der Waals surface area contributed by atoms with Crippen molar-refractivity contribution >= 4 is 0 Å². The molecule has 8 heteroatoms. The molecule has 0 N–H and O–H groups in total. The van der Waals surface area contributed by atoms with Gasteiger partial charge in [0, 0.05) is 19.0 Å². The van der Waals surface area contributed by atoms with Crippen molar-refractivity contribution in [3.05, 3.63) is 54.5 Å². The van der Waals surface area contributed by atoms with Crippen LogP contribution in [-0.2, 0) is 11.3 Å². The van der Waals surface area contributed by atoms with Gasteiger partial charge in [-0.2, -0.15) is 4.98 Å². The van der Waals surface area contributed by atoms with Gasteiger partial charge >= 0.3 is 0 Å². The van der Waals surface area contributed by atoms with E-state index in [4.69, 9.17) is 18.1 Å². The van der Waals surface area contributed by atoms with E-state index in [1.807, 2.05) is 22.9 Å². The molecule has 0 aliphatic carbocycles. The van der Waals surface area contributed by atoms with E-state index in [1.54, 1.807) is 24.6 Å². The van der Waals surface area contributed by atoms with Crippen molar-refractivity contribution in [2.45, 2.75) is 31.9 Å². The van der Waals surface area contributed by atoms with Crippen molar-refractivity contribution in [2.75, 3.05) is 6.61 Å². The first-order valence-corrected chi connectivity index (χ1v) is 8.96. The Hall–Kier alpha value is -3.13. The number of ether oxygens (including phenoxy) is 1. The summed E-state index contributed by atoms with van der Waals surface area (Å²) in [6, 6.07) is 7.44. The molecule has 0 radical (unpaired) electrons. The molecule has 0 amide bonds. The zero-order valence-corrected chi connectivity index (χ0v) is 14.6. The molecule has 27 heavy (non-hydrogen) atoms. The summed E-state index contributed by atoms with van der Waals surface area (Å²) in [4.78, 5) is 8.79. The van der Waals surface area contributed by atoms with E-state index in [0.29, 0.717) is 35.6 Å². The minimum absolute atomic E-state index is 0.0315. The summed E-state index contributed by atoms with van der Waals surface area (Å²) in [5.74, 6) is 3.68. The zero-order chi connectivity index (χ0) is 18.1. The number of furan rings is 2. The van der Waals surface area contributed by atoms with Crippen molar-refractivity contribution in [3.63, 3.8) is 0 Å². The fourth-order valence-corrected chi connectivity index (χ4v) is 3.24. The maximum atomic E-state index is 6.02. The van der Waals surface area contributed by atoms with Crippen molar-refractivity contribution in [2.24, 2.45) is 0 Å². The third-order valence-electron chi connectivity index (χ3n) is 4.57. The van der Waals surface area contributed by atoms with Crippen LogP contribution in [0.3, 0.4) is 0 Å². The molecule has 8 nitrogen and oxygen atoms in total. The summed E-state index contributed by atoms with van der Waals surface area (Å²) in [6.45, 7) is 1.20. The quantitative estimate of drug-likeness (QED) is 0.525. The van der Waals surface area contributed by atoms with E-state index in [9.17, 15) is 0 Å². The lowest BCUT2D eigenvalue weighted by atomic mass is 10.1. The molecule has 1 unspecified atom stereocenters. The summed E-state index contributed by atoms with van der Waals surface area (Å²) < 4.78 is 24.3. The van der Waals surface area contributed by atoms with E-state index in [2.05, 4.69) is 15.1 Å². The Morgan fingerprint density at radius 2 is 2.15 bits per heavy atom. The van der Waals surface area contributed by atoms with Gasteiger partial charge in [-0.25, -0.2) is 4.98 Å². The van der Waals surface area contributed by atoms with Crippen molar-refractivity contribution in [1.29, 1.82) is 0 Å². The molecule has 0 aromatic carbocycles. The average Bonchev–Trinajstić information content (AvgIpc) is 3.48. The van der Waals surface area contributed by atoms with Crippen LogP contribution >= 0.6 is 0 Å². The third kappa shape index (κ3) is 3.19. The van der Waals surface area contributed by atoms with Gasteiger partial charge in [-0.05, 0) is 43.5 Å². The summed E-state index contributed by atoms with van der Waals surface area (Å²) in [6.07, 6.45) is 8.44. The highest BCUT2D eigenvalue weighted by Crippen LogP contribution is 2.31. The number of imidazole rings is 1. The normalized spacial score (nSPS) is 17.4. The summed E-state index contributed by atoms with van der Waals surface area (Å²) in [5.41, 5.74) is 0. The van der Waals surface area contributed by atoms with Crippen molar-refractivity contribution < 1.29 is 18.1 Å². The van der Waals surface area contributed by atoms with Crippen LogP contribution in [0.5, 0.6) is 0 Å². The number of nitrogens with zero attached hydrogens (tertiary/aromatic N) is 4. The van der Waals surface area contributed by atoms with Gasteiger partial charge in [-0.1, -0.05) is 5.16 Å². The van der Waals surface area contributed by atoms with E-state index in [1.165, 1.54) is 0 Å². The third-order valence-corrected chi connectivity index (χ3v) is 4.57. The van der Waals surface area contributed by atoms with Gasteiger partial charge in [0.15, 0.2) is 23.2 Å². The molecule has 1 fully saturated rings. The average molecular weight is 366 g/mol. The van der Waals surface area contributed by atoms with Crippen LogP contribution in [0.25, 0.3) is 23.2 Å². The Labute approximate surface area is 154 Å². The van der Waals surface area contributed by atoms with Gasteiger partial charge in [0.2, 0.25) is 0 Å². The summed E-state index contributed by atoms with van der Waals surface area (Å²) >= 11 is 0. The fraction of sp³-hybridized carbons (Fsp3) is 0.316. The Balaban J connectivity index is 1.36. The molecule has 1 atom stereocenters. The smallest absolute Gasteiger partial charge is 0.293 e. The number of rotatable bonds is 5. The Morgan fingerprint density at radius 3 is 3.00 bits per heavy atom. The molecular formula is C19H18N4O4. The first-order valence-electron chi connectivity index (χ1n) is 8.96. The van der Waals surface area contributed by atoms with Crippen molar-refractivity contribution in [1.82, 2.24) is 19.7 Å². The standard InChI is InChI=1S/C19H18N4O4/c1-2-10-24-13(4-1)14-6-7-15(26-14)18-20-8-9-23(18)12-17-21-19(27-22-17)16-5-3-11-25-16/h3,5-9,11,13H,1-2,4,10,12H2. The first-order chi connectivity index (χ1) is 13.4. The monoisotopic (exact) mass is 366 g/mol. The van der Waals surface area contributed by atoms with Gasteiger partial charge in [-0.15, -0.1) is 0 Å². The molecule has 0 saturated carbocycles. The molecule has 138 valence electrons. The summed E-state index contributed by atoms with van der Waals surface area (Å²) in [5, 5.41) is 4.02. The van der Waals surface area contributed by atoms with E-state index >= 15 is 0 Å². The second-order valence-corrected chi connectivity index (χ2v) is 6.43. The molecule has 1 saturated heterocycles. The predicted octanol–water partition coefficient (Wildman–Crippen LogP) is 4.08. The second kappa shape index (κ2) is 6.88. The van der Waals surface area contributed by atoms with Gasteiger partial charge in [0.1, 0.15) is 11.9 Å². The Morgan fingerprint density at radius 1 is 1.15 bits per heavy atom. The lowest BCUT2D eigenvalue weighted by molar-refractivity contribution is 0.00218. The SMILES string of the molecule is c1coc(-c2nc(Cn3ccnc3-c3ccc(C4CCCCO4)o3)no2)c1. The second-order valence-electron chi connectivity index (χ2n) is 6.43. The minimum Gasteiger partial charge on any atom is -0.459 e. The fourth-order valence-electron chi connectivity index (χ4n) is 3.24. The number of aromatic nitrogens is 4. The highest BCUT2D eigenvalue weighted by Gasteiger charge is 2.21. The van der Waals surface area contributed by atoms with Crippen LogP contribution in [0.1, 0.15) is 37.0 Å². The molecule has 0 bridgehead atoms. The van der Waals surface area contributed by atoms with Gasteiger partial charge < -0.3 is 22.7 Å². The van der Waals surface area contributed by atoms with E-state index < -0.39 is 0 Å². The highest BCUT2D eigenvalue weighted by molar-refractivity contribution is 5.48. The van der Waals surface area contributed by atoms with Gasteiger partial charge in [-0.3, -0.25) is 0 Å². The molecule has 0 spiro atoms. The molecule has 1 aliphatic heterocycles. The van der Waals surface area contributed by atoms with Gasteiger partial charge in [0.05, 0.1) is 12.8 Å². The van der Waals surface area contributed by atoms with Crippen LogP contribution in [0.4, 0.5) is 0 Å². The predicted molar refractivity (Wildman–Crippen MR) is 93.6 cm³/mol. The Kier molecular flexibility index (Phi) is 4.10. The lowest BCUT2D eigenvalue weighted by Gasteiger charge is -2.20. The molecule has 1 aliphatic rings. The zero-order valence-electron chi connectivity index (χ0n) is 14.6. The van der Waals surface area contributed by atoms with E-state index in [0.717, 1.165) is 31.6 Å². The van der Waals surface area contributed by atoms with Crippen LogP contribution in [0.2, 0.25) is 0 Å². The largest absolute Gasteiger partial charge is 0.459 e. The minimum atomic E-state index is 0.0315. The molecular weight excluding hydrogens is 348 g/mol. The number of hydrogen-bond acceptors (Lipinski definition) is 7. The van der Waals surface area contributed by atoms with Crippen LogP contribution in [0.15, 0.2) is 56.3 Å². The van der Waals surface area contributed by atoms with E-state index in [-0.39, 0.29) is 6.10 Å². The topological polar surface area (TPSA) is 92.2 Å². The van der Waals surface area contributed by atoms with Crippen molar-refractivity contribution in [3.8, 4) is 23.2 Å². The maximum absolute atomic E-state index is 6.02. The first kappa shape index (κ1) is 16.1. The van der Waals surface area contributed by atoms with Crippen LogP contribution in [0, 0.1) is 0 Å². The number of hydrogen-bond donors (Lipinski definition) is 0. The molecule has 5 rings (SSSR count). The summed E-state index contributed by atoms with van der Waals surface area (Å²) in [7, 11) is 0.